The van der Waals surface area contributed by atoms with E-state index in [1.54, 1.807) is 25.1 Å². The van der Waals surface area contributed by atoms with E-state index in [1.807, 2.05) is 0 Å². The van der Waals surface area contributed by atoms with Crippen LogP contribution in [0.25, 0.3) is 0 Å². The predicted molar refractivity (Wildman–Crippen MR) is 60.1 cm³/mol. The molecule has 1 aromatic carbocycles. The molecule has 1 amide bonds. The monoisotopic (exact) mass is 233 g/mol. The van der Waals surface area contributed by atoms with E-state index in [4.69, 9.17) is 5.11 Å². The van der Waals surface area contributed by atoms with Gasteiger partial charge in [0.05, 0.1) is 11.3 Å². The number of amides is 1. The summed E-state index contributed by atoms with van der Waals surface area (Å²) < 4.78 is 0. The molecular weight excluding hydrogens is 222 g/mol. The van der Waals surface area contributed by atoms with Crippen molar-refractivity contribution in [3.8, 4) is 0 Å². The zero-order valence-corrected chi connectivity index (χ0v) is 9.43. The molecule has 1 N–H and O–H groups in total. The maximum absolute atomic E-state index is 11.7. The van der Waals surface area contributed by atoms with Crippen molar-refractivity contribution in [3.05, 3.63) is 29.3 Å². The van der Waals surface area contributed by atoms with Gasteiger partial charge in [0.25, 0.3) is 11.7 Å². The molecule has 0 fully saturated rings. The third kappa shape index (κ3) is 1.60. The third-order valence-electron chi connectivity index (χ3n) is 2.81. The number of benzene rings is 1. The summed E-state index contributed by atoms with van der Waals surface area (Å²) in [6.45, 7) is 3.18. The maximum atomic E-state index is 11.7. The smallest absolute Gasteiger partial charge is 0.326 e. The van der Waals surface area contributed by atoms with Gasteiger partial charge in [-0.25, -0.2) is 4.79 Å². The van der Waals surface area contributed by atoms with Crippen LogP contribution in [0.1, 0.15) is 22.8 Å². The van der Waals surface area contributed by atoms with E-state index in [9.17, 15) is 14.4 Å². The normalized spacial score (nSPS) is 16.0. The first kappa shape index (κ1) is 11.3. The van der Waals surface area contributed by atoms with Gasteiger partial charge >= 0.3 is 5.97 Å². The van der Waals surface area contributed by atoms with Crippen LogP contribution in [0.3, 0.4) is 0 Å². The number of Topliss-reactive ketones (excluding diaryl/α,β-unsaturated/α-hetero) is 1. The molecule has 1 heterocycles. The Hall–Kier alpha value is -2.17. The second-order valence-corrected chi connectivity index (χ2v) is 4.04. The van der Waals surface area contributed by atoms with Gasteiger partial charge in [-0.3, -0.25) is 14.5 Å². The van der Waals surface area contributed by atoms with E-state index in [0.29, 0.717) is 5.69 Å². The molecule has 0 saturated heterocycles. The quantitative estimate of drug-likeness (QED) is 0.773. The van der Waals surface area contributed by atoms with Crippen molar-refractivity contribution in [3.63, 3.8) is 0 Å². The molecule has 1 unspecified atom stereocenters. The molecule has 0 aliphatic carbocycles. The zero-order valence-electron chi connectivity index (χ0n) is 9.43. The van der Waals surface area contributed by atoms with Gasteiger partial charge in [0.1, 0.15) is 6.04 Å². The van der Waals surface area contributed by atoms with Crippen LogP contribution >= 0.6 is 0 Å². The summed E-state index contributed by atoms with van der Waals surface area (Å²) in [5.74, 6) is -2.56. The molecule has 5 nitrogen and oxygen atoms in total. The van der Waals surface area contributed by atoms with E-state index in [2.05, 4.69) is 0 Å². The molecule has 2 rings (SSSR count). The molecule has 1 aliphatic rings. The Balaban J connectivity index is 2.56. The first-order valence-electron chi connectivity index (χ1n) is 5.15. The number of hydrogen-bond acceptors (Lipinski definition) is 3. The van der Waals surface area contributed by atoms with Gasteiger partial charge in [-0.2, -0.15) is 0 Å². The van der Waals surface area contributed by atoms with Gasteiger partial charge in [0.15, 0.2) is 0 Å². The van der Waals surface area contributed by atoms with Crippen molar-refractivity contribution in [2.24, 2.45) is 0 Å². The highest BCUT2D eigenvalue weighted by atomic mass is 16.4. The Kier molecular flexibility index (Phi) is 2.46. The van der Waals surface area contributed by atoms with Gasteiger partial charge in [-0.1, -0.05) is 11.6 Å². The lowest BCUT2D eigenvalue weighted by molar-refractivity contribution is -0.139. The average molecular weight is 233 g/mol. The Labute approximate surface area is 97.7 Å². The summed E-state index contributed by atoms with van der Waals surface area (Å²) in [5.41, 5.74) is 1.51. The molecule has 1 aliphatic heterocycles. The van der Waals surface area contributed by atoms with Crippen molar-refractivity contribution in [2.75, 3.05) is 4.90 Å². The molecule has 0 spiro atoms. The first-order chi connectivity index (χ1) is 7.93. The molecule has 0 aromatic heterocycles. The Morgan fingerprint density at radius 2 is 2.00 bits per heavy atom. The van der Waals surface area contributed by atoms with Gasteiger partial charge in [-0.05, 0) is 26.0 Å². The van der Waals surface area contributed by atoms with Crippen LogP contribution in [0.2, 0.25) is 0 Å². The van der Waals surface area contributed by atoms with E-state index in [1.165, 1.54) is 6.92 Å². The standard InChI is InChI=1S/C12H11NO4/c1-6-3-4-9-8(5-6)10(14)11(15)13(9)7(2)12(16)17/h3-5,7H,1-2H3,(H,16,17). The lowest BCUT2D eigenvalue weighted by Gasteiger charge is -2.20. The second kappa shape index (κ2) is 3.69. The number of carboxylic acids is 1. The molecule has 1 aromatic rings. The van der Waals surface area contributed by atoms with Crippen LogP contribution in [0.4, 0.5) is 5.69 Å². The summed E-state index contributed by atoms with van der Waals surface area (Å²) >= 11 is 0. The third-order valence-corrected chi connectivity index (χ3v) is 2.81. The number of carbonyl (C=O) groups is 3. The number of carbonyl (C=O) groups excluding carboxylic acids is 2. The molecule has 5 heteroatoms. The maximum Gasteiger partial charge on any atom is 0.326 e. The highest BCUT2D eigenvalue weighted by Gasteiger charge is 2.40. The van der Waals surface area contributed by atoms with Crippen LogP contribution in [0, 0.1) is 6.92 Å². The van der Waals surface area contributed by atoms with Gasteiger partial charge in [0.2, 0.25) is 0 Å². The first-order valence-corrected chi connectivity index (χ1v) is 5.15. The molecular formula is C12H11NO4. The van der Waals surface area contributed by atoms with Crippen molar-refractivity contribution in [1.82, 2.24) is 0 Å². The number of carboxylic acid groups (broad SMARTS) is 1. The van der Waals surface area contributed by atoms with E-state index >= 15 is 0 Å². The van der Waals surface area contributed by atoms with Gasteiger partial charge < -0.3 is 5.11 Å². The molecule has 88 valence electrons. The highest BCUT2D eigenvalue weighted by Crippen LogP contribution is 2.31. The van der Waals surface area contributed by atoms with Crippen LogP contribution in [0.15, 0.2) is 18.2 Å². The van der Waals surface area contributed by atoms with Crippen LogP contribution in [-0.2, 0) is 9.59 Å². The number of nitrogens with zero attached hydrogens (tertiary/aromatic N) is 1. The fourth-order valence-electron chi connectivity index (χ4n) is 1.87. The highest BCUT2D eigenvalue weighted by molar-refractivity contribution is 6.52. The Morgan fingerprint density at radius 3 is 2.59 bits per heavy atom. The Morgan fingerprint density at radius 1 is 1.35 bits per heavy atom. The number of ketones is 1. The minimum atomic E-state index is -1.14. The topological polar surface area (TPSA) is 74.7 Å². The fourth-order valence-corrected chi connectivity index (χ4v) is 1.87. The molecule has 17 heavy (non-hydrogen) atoms. The van der Waals surface area contributed by atoms with E-state index < -0.39 is 23.7 Å². The van der Waals surface area contributed by atoms with Crippen molar-refractivity contribution < 1.29 is 19.5 Å². The zero-order chi connectivity index (χ0) is 12.7. The number of rotatable bonds is 2. The van der Waals surface area contributed by atoms with Crippen LogP contribution in [0.5, 0.6) is 0 Å². The largest absolute Gasteiger partial charge is 0.480 e. The molecule has 0 bridgehead atoms. The molecule has 0 radical (unpaired) electrons. The fraction of sp³-hybridized carbons (Fsp3) is 0.250. The number of hydrogen-bond donors (Lipinski definition) is 1. The minimum absolute atomic E-state index is 0.281. The van der Waals surface area contributed by atoms with Crippen molar-refractivity contribution in [2.45, 2.75) is 19.9 Å². The summed E-state index contributed by atoms with van der Waals surface area (Å²) in [7, 11) is 0. The average Bonchev–Trinajstić information content (AvgIpc) is 2.51. The SMILES string of the molecule is Cc1ccc2c(c1)C(=O)C(=O)N2C(C)C(=O)O. The summed E-state index contributed by atoms with van der Waals surface area (Å²) in [4.78, 5) is 35.4. The number of fused-ring (bicyclic) bond motifs is 1. The Bertz CT molecular complexity index is 535. The van der Waals surface area contributed by atoms with Crippen LogP contribution in [-0.4, -0.2) is 28.8 Å². The second-order valence-electron chi connectivity index (χ2n) is 4.04. The van der Waals surface area contributed by atoms with Crippen molar-refractivity contribution in [1.29, 1.82) is 0 Å². The van der Waals surface area contributed by atoms with Gasteiger partial charge in [-0.15, -0.1) is 0 Å². The number of aryl methyl sites for hydroxylation is 1. The minimum Gasteiger partial charge on any atom is -0.480 e. The summed E-state index contributed by atoms with van der Waals surface area (Å²) in [6.07, 6.45) is 0. The number of anilines is 1. The van der Waals surface area contributed by atoms with Gasteiger partial charge in [0, 0.05) is 0 Å². The van der Waals surface area contributed by atoms with Crippen LogP contribution < -0.4 is 4.90 Å². The lowest BCUT2D eigenvalue weighted by Crippen LogP contribution is -2.42. The van der Waals surface area contributed by atoms with E-state index in [0.717, 1.165) is 10.5 Å². The molecule has 1 atom stereocenters. The summed E-state index contributed by atoms with van der Waals surface area (Å²) in [5, 5.41) is 8.92. The predicted octanol–water partition coefficient (Wildman–Crippen LogP) is 0.997. The number of aliphatic carboxylic acids is 1. The van der Waals surface area contributed by atoms with Crippen molar-refractivity contribution >= 4 is 23.3 Å². The molecule has 0 saturated carbocycles. The summed E-state index contributed by atoms with van der Waals surface area (Å²) in [6, 6.07) is 3.90. The lowest BCUT2D eigenvalue weighted by atomic mass is 10.1. The van der Waals surface area contributed by atoms with E-state index in [-0.39, 0.29) is 5.56 Å².